The van der Waals surface area contributed by atoms with E-state index in [1.54, 1.807) is 4.68 Å². The molecule has 16 heavy (non-hydrogen) atoms. The van der Waals surface area contributed by atoms with Crippen molar-refractivity contribution in [3.8, 4) is 0 Å². The molecule has 0 bridgehead atoms. The molecule has 0 saturated heterocycles. The minimum absolute atomic E-state index is 0.247. The Labute approximate surface area is 106 Å². The maximum atomic E-state index is 10.8. The maximum absolute atomic E-state index is 10.8. The van der Waals surface area contributed by atoms with Crippen molar-refractivity contribution in [2.75, 3.05) is 0 Å². The van der Waals surface area contributed by atoms with Crippen molar-refractivity contribution in [2.24, 2.45) is 0 Å². The van der Waals surface area contributed by atoms with Crippen LogP contribution in [0.25, 0.3) is 0 Å². The highest BCUT2D eigenvalue weighted by atomic mass is 127. The zero-order valence-electron chi connectivity index (χ0n) is 8.30. The van der Waals surface area contributed by atoms with Crippen LogP contribution in [0.4, 0.5) is 0 Å². The van der Waals surface area contributed by atoms with E-state index < -0.39 is 5.97 Å². The van der Waals surface area contributed by atoms with Gasteiger partial charge < -0.3 is 5.11 Å². The summed E-state index contributed by atoms with van der Waals surface area (Å²) in [4.78, 5) is 10.8. The van der Waals surface area contributed by atoms with Gasteiger partial charge in [0.05, 0.1) is 12.7 Å². The van der Waals surface area contributed by atoms with Crippen molar-refractivity contribution in [1.82, 2.24) is 9.78 Å². The molecule has 0 atom stereocenters. The first-order chi connectivity index (χ1) is 7.68. The second kappa shape index (κ2) is 4.65. The highest BCUT2D eigenvalue weighted by molar-refractivity contribution is 14.1. The third kappa shape index (κ3) is 2.24. The quantitative estimate of drug-likeness (QED) is 0.879. The number of benzene rings is 1. The van der Waals surface area contributed by atoms with Gasteiger partial charge in [-0.2, -0.15) is 5.10 Å². The van der Waals surface area contributed by atoms with Crippen LogP contribution in [0.15, 0.2) is 36.5 Å². The van der Waals surface area contributed by atoms with E-state index in [2.05, 4.69) is 5.10 Å². The molecule has 0 unspecified atom stereocenters. The molecule has 0 spiro atoms. The molecule has 2 aromatic rings. The van der Waals surface area contributed by atoms with Crippen LogP contribution in [0.2, 0.25) is 0 Å². The molecule has 0 fully saturated rings. The summed E-state index contributed by atoms with van der Waals surface area (Å²) in [5.74, 6) is -0.941. The van der Waals surface area contributed by atoms with Gasteiger partial charge in [-0.25, -0.2) is 4.79 Å². The highest BCUT2D eigenvalue weighted by Crippen LogP contribution is 2.13. The zero-order valence-corrected chi connectivity index (χ0v) is 10.5. The molecular formula is C11H9IN2O2. The van der Waals surface area contributed by atoms with Crippen molar-refractivity contribution >= 4 is 28.6 Å². The summed E-state index contributed by atoms with van der Waals surface area (Å²) < 4.78 is 2.33. The smallest absolute Gasteiger partial charge is 0.340 e. The molecule has 1 aromatic carbocycles. The van der Waals surface area contributed by atoms with E-state index in [0.717, 1.165) is 5.56 Å². The third-order valence-electron chi connectivity index (χ3n) is 2.18. The number of hydrogen-bond donors (Lipinski definition) is 1. The molecule has 4 nitrogen and oxygen atoms in total. The van der Waals surface area contributed by atoms with Crippen LogP contribution in [-0.4, -0.2) is 20.9 Å². The summed E-state index contributed by atoms with van der Waals surface area (Å²) in [7, 11) is 0. The van der Waals surface area contributed by atoms with Gasteiger partial charge >= 0.3 is 5.97 Å². The fraction of sp³-hybridized carbons (Fsp3) is 0.0909. The molecule has 1 N–H and O–H groups in total. The van der Waals surface area contributed by atoms with Crippen molar-refractivity contribution < 1.29 is 9.90 Å². The van der Waals surface area contributed by atoms with Gasteiger partial charge in [-0.05, 0) is 28.2 Å². The summed E-state index contributed by atoms with van der Waals surface area (Å²) >= 11 is 2.00. The van der Waals surface area contributed by atoms with Gasteiger partial charge in [-0.1, -0.05) is 30.3 Å². The molecule has 0 aliphatic rings. The van der Waals surface area contributed by atoms with Gasteiger partial charge in [0.15, 0.2) is 0 Å². The molecule has 1 aromatic heterocycles. The predicted octanol–water partition coefficient (Wildman–Crippen LogP) is 2.23. The van der Waals surface area contributed by atoms with Crippen molar-refractivity contribution in [3.63, 3.8) is 0 Å². The second-order valence-electron chi connectivity index (χ2n) is 3.30. The van der Waals surface area contributed by atoms with E-state index in [9.17, 15) is 4.79 Å². The van der Waals surface area contributed by atoms with E-state index in [1.165, 1.54) is 6.20 Å². The summed E-state index contributed by atoms with van der Waals surface area (Å²) in [5.41, 5.74) is 1.34. The Morgan fingerprint density at radius 2 is 2.06 bits per heavy atom. The summed E-state index contributed by atoms with van der Waals surface area (Å²) in [6, 6.07) is 9.81. The van der Waals surface area contributed by atoms with Gasteiger partial charge in [0.2, 0.25) is 0 Å². The molecule has 82 valence electrons. The SMILES string of the molecule is O=C(O)c1cnn(Cc2ccccc2)c1I. The normalized spacial score (nSPS) is 10.3. The van der Waals surface area contributed by atoms with E-state index in [4.69, 9.17) is 5.11 Å². The number of carboxylic acids is 1. The van der Waals surface area contributed by atoms with Gasteiger partial charge in [0.25, 0.3) is 0 Å². The number of aromatic nitrogens is 2. The molecule has 1 heterocycles. The standard InChI is InChI=1S/C11H9IN2O2/c12-10-9(11(15)16)6-13-14(10)7-8-4-2-1-3-5-8/h1-6H,7H2,(H,15,16). The third-order valence-corrected chi connectivity index (χ3v) is 3.32. The lowest BCUT2D eigenvalue weighted by molar-refractivity contribution is 0.0695. The Morgan fingerprint density at radius 1 is 1.38 bits per heavy atom. The fourth-order valence-corrected chi connectivity index (χ4v) is 2.05. The van der Waals surface area contributed by atoms with Crippen LogP contribution in [-0.2, 0) is 6.54 Å². The average Bonchev–Trinajstić information content (AvgIpc) is 2.62. The van der Waals surface area contributed by atoms with Crippen LogP contribution in [0, 0.1) is 3.70 Å². The summed E-state index contributed by atoms with van der Waals surface area (Å²) in [6.45, 7) is 0.590. The van der Waals surface area contributed by atoms with Gasteiger partial charge in [0, 0.05) is 0 Å². The van der Waals surface area contributed by atoms with E-state index in [1.807, 2.05) is 52.9 Å². The Balaban J connectivity index is 2.26. The highest BCUT2D eigenvalue weighted by Gasteiger charge is 2.13. The maximum Gasteiger partial charge on any atom is 0.340 e. The van der Waals surface area contributed by atoms with Crippen molar-refractivity contribution in [1.29, 1.82) is 0 Å². The van der Waals surface area contributed by atoms with Gasteiger partial charge in [0.1, 0.15) is 9.26 Å². The molecule has 0 saturated carbocycles. The van der Waals surface area contributed by atoms with Crippen LogP contribution < -0.4 is 0 Å². The minimum atomic E-state index is -0.941. The van der Waals surface area contributed by atoms with Crippen LogP contribution in [0.5, 0.6) is 0 Å². The van der Waals surface area contributed by atoms with Crippen LogP contribution >= 0.6 is 22.6 Å². The van der Waals surface area contributed by atoms with Gasteiger partial charge in [-0.15, -0.1) is 0 Å². The Hall–Kier alpha value is -1.37. The summed E-state index contributed by atoms with van der Waals surface area (Å²) in [5, 5.41) is 12.9. The molecule has 0 radical (unpaired) electrons. The Morgan fingerprint density at radius 3 is 2.62 bits per heavy atom. The molecule has 5 heteroatoms. The van der Waals surface area contributed by atoms with E-state index >= 15 is 0 Å². The first kappa shape index (κ1) is 11.1. The first-order valence-electron chi connectivity index (χ1n) is 4.67. The molecule has 0 aliphatic carbocycles. The lowest BCUT2D eigenvalue weighted by atomic mass is 10.2. The number of rotatable bonds is 3. The lowest BCUT2D eigenvalue weighted by Crippen LogP contribution is -2.05. The zero-order chi connectivity index (χ0) is 11.5. The lowest BCUT2D eigenvalue weighted by Gasteiger charge is -2.03. The number of nitrogens with zero attached hydrogens (tertiary/aromatic N) is 2. The van der Waals surface area contributed by atoms with E-state index in [-0.39, 0.29) is 5.56 Å². The molecule has 0 amide bonds. The second-order valence-corrected chi connectivity index (χ2v) is 4.32. The monoisotopic (exact) mass is 328 g/mol. The Bertz CT molecular complexity index is 508. The number of halogens is 1. The largest absolute Gasteiger partial charge is 0.478 e. The molecular weight excluding hydrogens is 319 g/mol. The number of hydrogen-bond acceptors (Lipinski definition) is 2. The van der Waals surface area contributed by atoms with Crippen LogP contribution in [0.1, 0.15) is 15.9 Å². The van der Waals surface area contributed by atoms with Crippen molar-refractivity contribution in [3.05, 3.63) is 51.4 Å². The first-order valence-corrected chi connectivity index (χ1v) is 5.75. The van der Waals surface area contributed by atoms with Gasteiger partial charge in [-0.3, -0.25) is 4.68 Å². The number of aromatic carboxylic acids is 1. The average molecular weight is 328 g/mol. The molecule has 2 rings (SSSR count). The predicted molar refractivity (Wildman–Crippen MR) is 67.4 cm³/mol. The minimum Gasteiger partial charge on any atom is -0.478 e. The van der Waals surface area contributed by atoms with E-state index in [0.29, 0.717) is 10.2 Å². The molecule has 0 aliphatic heterocycles. The topological polar surface area (TPSA) is 55.1 Å². The number of carboxylic acid groups (broad SMARTS) is 1. The summed E-state index contributed by atoms with van der Waals surface area (Å²) in [6.07, 6.45) is 1.38. The van der Waals surface area contributed by atoms with Crippen molar-refractivity contribution in [2.45, 2.75) is 6.54 Å². The Kier molecular flexibility index (Phi) is 3.23. The number of carbonyl (C=O) groups is 1. The fourth-order valence-electron chi connectivity index (χ4n) is 1.38. The van der Waals surface area contributed by atoms with Crippen LogP contribution in [0.3, 0.4) is 0 Å².